The highest BCUT2D eigenvalue weighted by Gasteiger charge is 2.21. The van der Waals surface area contributed by atoms with E-state index in [-0.39, 0.29) is 5.78 Å². The second-order valence-corrected chi connectivity index (χ2v) is 7.33. The van der Waals surface area contributed by atoms with E-state index in [0.29, 0.717) is 26.4 Å². The zero-order valence-corrected chi connectivity index (χ0v) is 15.8. The van der Waals surface area contributed by atoms with Crippen molar-refractivity contribution in [1.82, 2.24) is 4.98 Å². The van der Waals surface area contributed by atoms with Crippen LogP contribution in [0.25, 0.3) is 0 Å². The normalized spacial score (nSPS) is 10.6. The van der Waals surface area contributed by atoms with Gasteiger partial charge in [-0.25, -0.2) is 4.98 Å². The van der Waals surface area contributed by atoms with Gasteiger partial charge in [-0.15, -0.1) is 0 Å². The topological polar surface area (TPSA) is 45.2 Å². The molecule has 0 saturated heterocycles. The van der Waals surface area contributed by atoms with Gasteiger partial charge in [-0.05, 0) is 43.3 Å². The lowest BCUT2D eigenvalue weighted by atomic mass is 10.1. The number of carbonyl (C=O) groups is 1. The van der Waals surface area contributed by atoms with Crippen molar-refractivity contribution in [3.8, 4) is 0 Å². The molecule has 128 valence electrons. The molecule has 3 rings (SSSR count). The molecule has 0 aliphatic rings. The molecule has 1 aromatic heterocycles. The first-order chi connectivity index (χ1) is 11.9. The van der Waals surface area contributed by atoms with Crippen LogP contribution in [0.2, 0.25) is 5.02 Å². The van der Waals surface area contributed by atoms with Crippen molar-refractivity contribution in [3.63, 3.8) is 0 Å². The number of anilines is 3. The SMILES string of the molecule is Cc1ccc(Nc2nc(N(C)C)c(C(=O)c3ccc(Cl)cc3)s2)cc1. The van der Waals surface area contributed by atoms with E-state index in [1.54, 1.807) is 24.3 Å². The van der Waals surface area contributed by atoms with Gasteiger partial charge in [0.25, 0.3) is 0 Å². The van der Waals surface area contributed by atoms with E-state index >= 15 is 0 Å². The Hall–Kier alpha value is -2.37. The predicted molar refractivity (Wildman–Crippen MR) is 106 cm³/mol. The van der Waals surface area contributed by atoms with E-state index in [0.717, 1.165) is 5.69 Å². The molecule has 0 aliphatic heterocycles. The maximum absolute atomic E-state index is 12.9. The van der Waals surface area contributed by atoms with Crippen molar-refractivity contribution in [2.75, 3.05) is 24.3 Å². The van der Waals surface area contributed by atoms with Gasteiger partial charge in [0, 0.05) is 30.4 Å². The Morgan fingerprint density at radius 3 is 2.32 bits per heavy atom. The summed E-state index contributed by atoms with van der Waals surface area (Å²) in [6.45, 7) is 2.04. The highest BCUT2D eigenvalue weighted by Crippen LogP contribution is 2.33. The molecule has 3 aromatic rings. The molecule has 0 saturated carbocycles. The molecule has 1 N–H and O–H groups in total. The number of ketones is 1. The van der Waals surface area contributed by atoms with Crippen LogP contribution in [0.15, 0.2) is 48.5 Å². The van der Waals surface area contributed by atoms with Crippen LogP contribution in [-0.4, -0.2) is 24.9 Å². The molecular weight excluding hydrogens is 354 g/mol. The van der Waals surface area contributed by atoms with Crippen molar-refractivity contribution in [3.05, 3.63) is 69.6 Å². The molecule has 0 fully saturated rings. The van der Waals surface area contributed by atoms with Crippen molar-refractivity contribution in [2.45, 2.75) is 6.92 Å². The summed E-state index contributed by atoms with van der Waals surface area (Å²) in [5.41, 5.74) is 2.73. The Bertz CT molecular complexity index is 886. The van der Waals surface area contributed by atoms with Gasteiger partial charge in [-0.3, -0.25) is 4.79 Å². The van der Waals surface area contributed by atoms with E-state index in [1.165, 1.54) is 16.9 Å². The monoisotopic (exact) mass is 371 g/mol. The molecule has 0 bridgehead atoms. The summed E-state index contributed by atoms with van der Waals surface area (Å²) < 4.78 is 0. The van der Waals surface area contributed by atoms with Gasteiger partial charge in [0.15, 0.2) is 10.9 Å². The third kappa shape index (κ3) is 4.00. The minimum Gasteiger partial charge on any atom is -0.361 e. The number of hydrogen-bond donors (Lipinski definition) is 1. The van der Waals surface area contributed by atoms with Crippen LogP contribution in [0.3, 0.4) is 0 Å². The predicted octanol–water partition coefficient (Wildman–Crippen LogP) is 5.15. The summed E-state index contributed by atoms with van der Waals surface area (Å²) in [5, 5.41) is 4.56. The van der Waals surface area contributed by atoms with Crippen LogP contribution in [-0.2, 0) is 0 Å². The molecule has 6 heteroatoms. The molecule has 4 nitrogen and oxygen atoms in total. The summed E-state index contributed by atoms with van der Waals surface area (Å²) in [6.07, 6.45) is 0. The van der Waals surface area contributed by atoms with Gasteiger partial charge in [-0.2, -0.15) is 0 Å². The Kier molecular flexibility index (Phi) is 5.06. The first kappa shape index (κ1) is 17.5. The molecule has 0 unspecified atom stereocenters. The number of halogens is 1. The van der Waals surface area contributed by atoms with E-state index < -0.39 is 0 Å². The molecule has 25 heavy (non-hydrogen) atoms. The van der Waals surface area contributed by atoms with Crippen LogP contribution in [0.5, 0.6) is 0 Å². The first-order valence-electron chi connectivity index (χ1n) is 7.76. The lowest BCUT2D eigenvalue weighted by molar-refractivity contribution is 0.104. The number of hydrogen-bond acceptors (Lipinski definition) is 5. The number of nitrogens with zero attached hydrogens (tertiary/aromatic N) is 2. The Labute approximate surface area is 156 Å². The zero-order valence-electron chi connectivity index (χ0n) is 14.2. The van der Waals surface area contributed by atoms with E-state index in [1.807, 2.05) is 50.2 Å². The molecule has 2 aromatic carbocycles. The zero-order chi connectivity index (χ0) is 18.0. The summed E-state index contributed by atoms with van der Waals surface area (Å²) in [6, 6.07) is 15.0. The van der Waals surface area contributed by atoms with Gasteiger partial charge in [0.1, 0.15) is 4.88 Å². The lowest BCUT2D eigenvalue weighted by Crippen LogP contribution is -2.13. The number of benzene rings is 2. The van der Waals surface area contributed by atoms with Gasteiger partial charge < -0.3 is 10.2 Å². The Balaban J connectivity index is 1.93. The van der Waals surface area contributed by atoms with Crippen LogP contribution in [0.1, 0.15) is 20.8 Å². The van der Waals surface area contributed by atoms with Gasteiger partial charge in [0.2, 0.25) is 5.78 Å². The van der Waals surface area contributed by atoms with Crippen molar-refractivity contribution in [1.29, 1.82) is 0 Å². The lowest BCUT2D eigenvalue weighted by Gasteiger charge is -2.10. The highest BCUT2D eigenvalue weighted by molar-refractivity contribution is 7.18. The molecule has 0 radical (unpaired) electrons. The number of thiazole rings is 1. The summed E-state index contributed by atoms with van der Waals surface area (Å²) in [4.78, 5) is 19.9. The molecule has 0 aliphatic carbocycles. The fraction of sp³-hybridized carbons (Fsp3) is 0.158. The summed E-state index contributed by atoms with van der Waals surface area (Å²) >= 11 is 7.26. The molecule has 0 spiro atoms. The third-order valence-corrected chi connectivity index (χ3v) is 4.86. The number of aromatic nitrogens is 1. The fourth-order valence-electron chi connectivity index (χ4n) is 2.31. The van der Waals surface area contributed by atoms with E-state index in [4.69, 9.17) is 11.6 Å². The maximum atomic E-state index is 12.9. The minimum absolute atomic E-state index is 0.0603. The molecule has 0 atom stereocenters. The number of rotatable bonds is 5. The van der Waals surface area contributed by atoms with E-state index in [2.05, 4.69) is 10.3 Å². The highest BCUT2D eigenvalue weighted by atomic mass is 35.5. The van der Waals surface area contributed by atoms with Crippen molar-refractivity contribution in [2.24, 2.45) is 0 Å². The second-order valence-electron chi connectivity index (χ2n) is 5.89. The van der Waals surface area contributed by atoms with Crippen LogP contribution in [0.4, 0.5) is 16.6 Å². The summed E-state index contributed by atoms with van der Waals surface area (Å²) in [5.74, 6) is 0.592. The second kappa shape index (κ2) is 7.25. The average molecular weight is 372 g/mol. The largest absolute Gasteiger partial charge is 0.361 e. The molecule has 0 amide bonds. The quantitative estimate of drug-likeness (QED) is 0.630. The van der Waals surface area contributed by atoms with Crippen molar-refractivity contribution < 1.29 is 4.79 Å². The first-order valence-corrected chi connectivity index (χ1v) is 8.95. The van der Waals surface area contributed by atoms with Gasteiger partial charge >= 0.3 is 0 Å². The average Bonchev–Trinajstić information content (AvgIpc) is 3.01. The minimum atomic E-state index is -0.0603. The van der Waals surface area contributed by atoms with Gasteiger partial charge in [0.05, 0.1) is 0 Å². The number of nitrogens with one attached hydrogen (secondary N) is 1. The van der Waals surface area contributed by atoms with Crippen LogP contribution in [0, 0.1) is 6.92 Å². The van der Waals surface area contributed by atoms with Crippen molar-refractivity contribution >= 4 is 45.4 Å². The van der Waals surface area contributed by atoms with Crippen LogP contribution >= 0.6 is 22.9 Å². The Morgan fingerprint density at radius 1 is 1.08 bits per heavy atom. The number of carbonyl (C=O) groups excluding carboxylic acids is 1. The molecule has 1 heterocycles. The number of aryl methyl sites for hydroxylation is 1. The molecular formula is C19H18ClN3OS. The smallest absolute Gasteiger partial charge is 0.206 e. The third-order valence-electron chi connectivity index (χ3n) is 3.65. The van der Waals surface area contributed by atoms with Gasteiger partial charge in [-0.1, -0.05) is 40.6 Å². The van der Waals surface area contributed by atoms with E-state index in [9.17, 15) is 4.79 Å². The Morgan fingerprint density at radius 2 is 1.72 bits per heavy atom. The standard InChI is InChI=1S/C19H18ClN3OS/c1-12-4-10-15(11-5-12)21-19-22-18(23(2)3)17(25-19)16(24)13-6-8-14(20)9-7-13/h4-11H,1-3H3,(H,21,22). The summed E-state index contributed by atoms with van der Waals surface area (Å²) in [7, 11) is 3.76. The van der Waals surface area contributed by atoms with Crippen LogP contribution < -0.4 is 10.2 Å². The fourth-order valence-corrected chi connectivity index (χ4v) is 3.46. The maximum Gasteiger partial charge on any atom is 0.206 e.